The molecular weight excluding hydrogens is 256 g/mol. The van der Waals surface area contributed by atoms with Gasteiger partial charge in [0.15, 0.2) is 0 Å². The number of nitrogens with one attached hydrogen (secondary N) is 2. The average Bonchev–Trinajstić information content (AvgIpc) is 2.50. The second-order valence-corrected chi connectivity index (χ2v) is 4.99. The van der Waals surface area contributed by atoms with Crippen LogP contribution in [0.3, 0.4) is 0 Å². The van der Waals surface area contributed by atoms with Crippen molar-refractivity contribution in [2.45, 2.75) is 25.1 Å². The molecule has 0 amide bonds. The van der Waals surface area contributed by atoms with Crippen LogP contribution >= 0.6 is 0 Å². The molecule has 0 aliphatic carbocycles. The Morgan fingerprint density at radius 3 is 2.55 bits per heavy atom. The molecule has 2 N–H and O–H groups in total. The van der Waals surface area contributed by atoms with Crippen LogP contribution in [0.15, 0.2) is 30.3 Å². The second kappa shape index (κ2) is 7.99. The molecule has 0 spiro atoms. The van der Waals surface area contributed by atoms with Crippen molar-refractivity contribution in [1.82, 2.24) is 10.6 Å². The van der Waals surface area contributed by atoms with E-state index < -0.39 is 0 Å². The van der Waals surface area contributed by atoms with Crippen LogP contribution in [0.25, 0.3) is 0 Å². The summed E-state index contributed by atoms with van der Waals surface area (Å²) < 4.78 is 10.4. The van der Waals surface area contributed by atoms with Gasteiger partial charge in [-0.05, 0) is 5.56 Å². The van der Waals surface area contributed by atoms with Crippen molar-refractivity contribution in [2.24, 2.45) is 0 Å². The van der Waals surface area contributed by atoms with Crippen molar-refractivity contribution in [1.29, 1.82) is 0 Å². The van der Waals surface area contributed by atoms with E-state index in [0.29, 0.717) is 19.6 Å². The number of hydrogen-bond donors (Lipinski definition) is 2. The summed E-state index contributed by atoms with van der Waals surface area (Å²) in [7, 11) is 1.42. The zero-order valence-electron chi connectivity index (χ0n) is 11.8. The molecule has 1 saturated heterocycles. The lowest BCUT2D eigenvalue weighted by Gasteiger charge is -2.30. The van der Waals surface area contributed by atoms with E-state index in [0.717, 1.165) is 13.1 Å². The molecule has 1 fully saturated rings. The van der Waals surface area contributed by atoms with Crippen LogP contribution in [0.1, 0.15) is 12.0 Å². The third kappa shape index (κ3) is 4.92. The number of carbonyl (C=O) groups excluding carboxylic acids is 1. The minimum atomic E-state index is -0.178. The van der Waals surface area contributed by atoms with Gasteiger partial charge in [0.25, 0.3) is 0 Å². The highest BCUT2D eigenvalue weighted by Gasteiger charge is 2.22. The number of esters is 1. The number of piperazine rings is 1. The molecular formula is C15H22N2O3. The van der Waals surface area contributed by atoms with Crippen LogP contribution in [0.5, 0.6) is 0 Å². The van der Waals surface area contributed by atoms with Crippen LogP contribution in [0, 0.1) is 0 Å². The minimum Gasteiger partial charge on any atom is -0.469 e. The molecule has 2 rings (SSSR count). The fourth-order valence-electron chi connectivity index (χ4n) is 2.20. The Hall–Kier alpha value is -1.43. The van der Waals surface area contributed by atoms with E-state index in [1.54, 1.807) is 0 Å². The Bertz CT molecular complexity index is 403. The number of rotatable bonds is 6. The van der Waals surface area contributed by atoms with E-state index >= 15 is 0 Å². The first kappa shape index (κ1) is 15.0. The quantitative estimate of drug-likeness (QED) is 0.750. The molecule has 1 aromatic carbocycles. The zero-order valence-corrected chi connectivity index (χ0v) is 11.8. The number of carbonyl (C=O) groups is 1. The Morgan fingerprint density at radius 2 is 1.90 bits per heavy atom. The van der Waals surface area contributed by atoms with Gasteiger partial charge in [-0.1, -0.05) is 30.3 Å². The highest BCUT2D eigenvalue weighted by molar-refractivity contribution is 5.69. The van der Waals surface area contributed by atoms with Crippen LogP contribution < -0.4 is 10.6 Å². The maximum atomic E-state index is 11.2. The summed E-state index contributed by atoms with van der Waals surface area (Å²) >= 11 is 0. The summed E-state index contributed by atoms with van der Waals surface area (Å²) in [6, 6.07) is 10.6. The minimum absolute atomic E-state index is 0.146. The summed E-state index contributed by atoms with van der Waals surface area (Å²) in [5.41, 5.74) is 1.18. The predicted octanol–water partition coefficient (Wildman–Crippen LogP) is 0.696. The van der Waals surface area contributed by atoms with Gasteiger partial charge in [0.1, 0.15) is 0 Å². The summed E-state index contributed by atoms with van der Waals surface area (Å²) in [5.74, 6) is -0.178. The van der Waals surface area contributed by atoms with Crippen molar-refractivity contribution in [3.63, 3.8) is 0 Å². The fraction of sp³-hybridized carbons (Fsp3) is 0.533. The highest BCUT2D eigenvalue weighted by atomic mass is 16.5. The van der Waals surface area contributed by atoms with Gasteiger partial charge in [0.2, 0.25) is 0 Å². The largest absolute Gasteiger partial charge is 0.469 e. The smallest absolute Gasteiger partial charge is 0.307 e. The molecule has 1 aliphatic heterocycles. The molecule has 1 aliphatic rings. The Kier molecular flexibility index (Phi) is 5.98. The van der Waals surface area contributed by atoms with Gasteiger partial charge in [0.05, 0.1) is 26.7 Å². The van der Waals surface area contributed by atoms with Crippen molar-refractivity contribution >= 4 is 5.97 Å². The normalized spacial score (nSPS) is 22.4. The van der Waals surface area contributed by atoms with E-state index in [-0.39, 0.29) is 18.1 Å². The molecule has 1 heterocycles. The highest BCUT2D eigenvalue weighted by Crippen LogP contribution is 2.03. The second-order valence-electron chi connectivity index (χ2n) is 4.99. The Labute approximate surface area is 119 Å². The number of ether oxygens (including phenoxy) is 2. The molecule has 110 valence electrons. The first-order chi connectivity index (χ1) is 9.78. The molecule has 0 unspecified atom stereocenters. The van der Waals surface area contributed by atoms with E-state index in [2.05, 4.69) is 27.5 Å². The molecule has 1 aromatic rings. The van der Waals surface area contributed by atoms with Crippen LogP contribution in [0.4, 0.5) is 0 Å². The van der Waals surface area contributed by atoms with Crippen molar-refractivity contribution in [3.05, 3.63) is 35.9 Å². The van der Waals surface area contributed by atoms with E-state index in [4.69, 9.17) is 4.74 Å². The van der Waals surface area contributed by atoms with E-state index in [1.807, 2.05) is 18.2 Å². The lowest BCUT2D eigenvalue weighted by atomic mass is 10.1. The van der Waals surface area contributed by atoms with E-state index in [9.17, 15) is 4.79 Å². The van der Waals surface area contributed by atoms with Gasteiger partial charge in [-0.15, -0.1) is 0 Å². The summed E-state index contributed by atoms with van der Waals surface area (Å²) in [6.07, 6.45) is 0.404. The van der Waals surface area contributed by atoms with E-state index in [1.165, 1.54) is 12.7 Å². The molecule has 0 aromatic heterocycles. The van der Waals surface area contributed by atoms with Gasteiger partial charge in [-0.25, -0.2) is 0 Å². The third-order valence-electron chi connectivity index (χ3n) is 3.38. The predicted molar refractivity (Wildman–Crippen MR) is 76.3 cm³/mol. The molecule has 5 nitrogen and oxygen atoms in total. The van der Waals surface area contributed by atoms with Gasteiger partial charge in [0, 0.05) is 25.2 Å². The summed E-state index contributed by atoms with van der Waals surface area (Å²) in [4.78, 5) is 11.2. The summed E-state index contributed by atoms with van der Waals surface area (Å²) in [6.45, 7) is 2.85. The topological polar surface area (TPSA) is 59.6 Å². The molecule has 0 radical (unpaired) electrons. The van der Waals surface area contributed by atoms with Crippen molar-refractivity contribution < 1.29 is 14.3 Å². The Morgan fingerprint density at radius 1 is 1.20 bits per heavy atom. The lowest BCUT2D eigenvalue weighted by Crippen LogP contribution is -2.56. The van der Waals surface area contributed by atoms with Gasteiger partial charge < -0.3 is 20.1 Å². The van der Waals surface area contributed by atoms with Crippen LogP contribution in [-0.2, 0) is 20.9 Å². The molecule has 5 heteroatoms. The fourth-order valence-corrected chi connectivity index (χ4v) is 2.20. The van der Waals surface area contributed by atoms with Gasteiger partial charge in [-0.2, -0.15) is 0 Å². The first-order valence-corrected chi connectivity index (χ1v) is 6.93. The van der Waals surface area contributed by atoms with Gasteiger partial charge >= 0.3 is 5.97 Å². The van der Waals surface area contributed by atoms with Gasteiger partial charge in [-0.3, -0.25) is 4.79 Å². The monoisotopic (exact) mass is 278 g/mol. The first-order valence-electron chi connectivity index (χ1n) is 6.93. The molecule has 0 saturated carbocycles. The third-order valence-corrected chi connectivity index (χ3v) is 3.38. The Balaban J connectivity index is 1.61. The maximum Gasteiger partial charge on any atom is 0.307 e. The standard InChI is InChI=1S/C15H22N2O3/c1-19-15(18)7-13-8-17-14(9-16-13)11-20-10-12-5-3-2-4-6-12/h2-6,13-14,16-17H,7-11H2,1H3/t13-,14-/m1/s1. The molecule has 0 bridgehead atoms. The maximum absolute atomic E-state index is 11.2. The SMILES string of the molecule is COC(=O)C[C@@H]1CN[C@@H](COCc2ccccc2)CN1. The van der Waals surface area contributed by atoms with Crippen LogP contribution in [0.2, 0.25) is 0 Å². The number of methoxy groups -OCH3 is 1. The van der Waals surface area contributed by atoms with Crippen molar-refractivity contribution in [2.75, 3.05) is 26.8 Å². The van der Waals surface area contributed by atoms with Crippen LogP contribution in [-0.4, -0.2) is 44.9 Å². The van der Waals surface area contributed by atoms with Crippen molar-refractivity contribution in [3.8, 4) is 0 Å². The zero-order chi connectivity index (χ0) is 14.2. The molecule has 20 heavy (non-hydrogen) atoms. The average molecular weight is 278 g/mol. The lowest BCUT2D eigenvalue weighted by molar-refractivity contribution is -0.141. The summed E-state index contributed by atoms with van der Waals surface area (Å²) in [5, 5.41) is 6.73. The number of hydrogen-bond acceptors (Lipinski definition) is 5. The molecule has 2 atom stereocenters. The number of benzene rings is 1.